The van der Waals surface area contributed by atoms with E-state index >= 15 is 0 Å². The Balaban J connectivity index is 1.84. The monoisotopic (exact) mass is 376 g/mol. The number of aryl methyl sites for hydroxylation is 1. The molecule has 1 aliphatic heterocycles. The van der Waals surface area contributed by atoms with Gasteiger partial charge in [0.25, 0.3) is 0 Å². The topological polar surface area (TPSA) is 59.0 Å². The lowest BCUT2D eigenvalue weighted by molar-refractivity contribution is -0.126. The SMILES string of the molecule is Cn1cc([C@H]2CNC[C@@H]2C(=O)NC(c2ccc(F)cc2F)C(C)(C)C)cn1. The molecule has 1 unspecified atom stereocenters. The largest absolute Gasteiger partial charge is 0.348 e. The van der Waals surface area contributed by atoms with Gasteiger partial charge in [-0.2, -0.15) is 5.10 Å². The first-order chi connectivity index (χ1) is 12.7. The van der Waals surface area contributed by atoms with E-state index in [1.54, 1.807) is 10.9 Å². The third kappa shape index (κ3) is 4.18. The molecular weight excluding hydrogens is 350 g/mol. The fourth-order valence-corrected chi connectivity index (χ4v) is 3.68. The van der Waals surface area contributed by atoms with Crippen molar-refractivity contribution in [1.82, 2.24) is 20.4 Å². The summed E-state index contributed by atoms with van der Waals surface area (Å²) in [6.07, 6.45) is 3.69. The van der Waals surface area contributed by atoms with Gasteiger partial charge >= 0.3 is 0 Å². The van der Waals surface area contributed by atoms with Crippen LogP contribution in [0.3, 0.4) is 0 Å². The van der Waals surface area contributed by atoms with Gasteiger partial charge in [-0.05, 0) is 17.0 Å². The van der Waals surface area contributed by atoms with Crippen LogP contribution in [0.25, 0.3) is 0 Å². The van der Waals surface area contributed by atoms with Crippen LogP contribution in [0.5, 0.6) is 0 Å². The standard InChI is InChI=1S/C20H26F2N4O/c1-20(2,3)18(14-6-5-13(21)7-17(14)22)25-19(27)16-10-23-9-15(16)12-8-24-26(4)11-12/h5-8,11,15-16,18,23H,9-10H2,1-4H3,(H,25,27)/t15-,16+,18?/m1/s1. The molecule has 2 aromatic rings. The summed E-state index contributed by atoms with van der Waals surface area (Å²) in [5.74, 6) is -1.69. The molecule has 27 heavy (non-hydrogen) atoms. The number of nitrogens with one attached hydrogen (secondary N) is 2. The van der Waals surface area contributed by atoms with Gasteiger partial charge in [0.1, 0.15) is 11.6 Å². The Labute approximate surface area is 158 Å². The molecule has 3 rings (SSSR count). The Morgan fingerprint density at radius 3 is 2.67 bits per heavy atom. The third-order valence-corrected chi connectivity index (χ3v) is 5.13. The zero-order chi connectivity index (χ0) is 19.8. The molecule has 1 saturated heterocycles. The lowest BCUT2D eigenvalue weighted by atomic mass is 9.81. The van der Waals surface area contributed by atoms with E-state index in [1.165, 1.54) is 12.1 Å². The first-order valence-electron chi connectivity index (χ1n) is 9.11. The number of amides is 1. The van der Waals surface area contributed by atoms with Gasteiger partial charge in [-0.25, -0.2) is 8.78 Å². The summed E-state index contributed by atoms with van der Waals surface area (Å²) in [5.41, 5.74) is 0.855. The molecule has 2 N–H and O–H groups in total. The maximum absolute atomic E-state index is 14.4. The van der Waals surface area contributed by atoms with Crippen LogP contribution in [0.1, 0.15) is 43.9 Å². The maximum Gasteiger partial charge on any atom is 0.225 e. The molecule has 2 heterocycles. The predicted octanol–water partition coefficient (Wildman–Crippen LogP) is 2.90. The molecule has 3 atom stereocenters. The van der Waals surface area contributed by atoms with Crippen LogP contribution in [0.15, 0.2) is 30.6 Å². The van der Waals surface area contributed by atoms with E-state index < -0.39 is 23.1 Å². The van der Waals surface area contributed by atoms with Crippen molar-refractivity contribution < 1.29 is 13.6 Å². The number of nitrogens with zero attached hydrogens (tertiary/aromatic N) is 2. The highest BCUT2D eigenvalue weighted by Crippen LogP contribution is 2.36. The van der Waals surface area contributed by atoms with E-state index in [1.807, 2.05) is 34.0 Å². The van der Waals surface area contributed by atoms with Gasteiger partial charge in [-0.15, -0.1) is 0 Å². The minimum absolute atomic E-state index is 0.0115. The fourth-order valence-electron chi connectivity index (χ4n) is 3.68. The predicted molar refractivity (Wildman–Crippen MR) is 99.0 cm³/mol. The number of rotatable bonds is 4. The first-order valence-corrected chi connectivity index (χ1v) is 9.11. The van der Waals surface area contributed by atoms with Crippen molar-refractivity contribution in [3.05, 3.63) is 53.4 Å². The van der Waals surface area contributed by atoms with Crippen molar-refractivity contribution >= 4 is 5.91 Å². The summed E-state index contributed by atoms with van der Waals surface area (Å²) in [4.78, 5) is 13.1. The number of benzene rings is 1. The molecule has 7 heteroatoms. The van der Waals surface area contributed by atoms with Crippen LogP contribution in [-0.2, 0) is 11.8 Å². The average Bonchev–Trinajstić information content (AvgIpc) is 3.20. The van der Waals surface area contributed by atoms with Crippen LogP contribution in [0, 0.1) is 23.0 Å². The highest BCUT2D eigenvalue weighted by Gasteiger charge is 2.38. The Hall–Kier alpha value is -2.28. The molecule has 146 valence electrons. The van der Waals surface area contributed by atoms with Crippen molar-refractivity contribution in [3.63, 3.8) is 0 Å². The quantitative estimate of drug-likeness (QED) is 0.863. The molecule has 0 saturated carbocycles. The van der Waals surface area contributed by atoms with Crippen LogP contribution < -0.4 is 10.6 Å². The zero-order valence-electron chi connectivity index (χ0n) is 16.1. The van der Waals surface area contributed by atoms with E-state index in [0.717, 1.165) is 11.6 Å². The molecule has 1 fully saturated rings. The minimum atomic E-state index is -0.649. The fraction of sp³-hybridized carbons (Fsp3) is 0.500. The zero-order valence-corrected chi connectivity index (χ0v) is 16.1. The van der Waals surface area contributed by atoms with Crippen molar-refractivity contribution in [1.29, 1.82) is 0 Å². The molecular formula is C20H26F2N4O. The molecule has 1 aliphatic rings. The number of carbonyl (C=O) groups is 1. The second-order valence-electron chi connectivity index (χ2n) is 8.29. The minimum Gasteiger partial charge on any atom is -0.348 e. The van der Waals surface area contributed by atoms with E-state index in [4.69, 9.17) is 0 Å². The Bertz CT molecular complexity index is 828. The normalized spacial score (nSPS) is 21.3. The number of hydrogen-bond donors (Lipinski definition) is 2. The summed E-state index contributed by atoms with van der Waals surface area (Å²) in [7, 11) is 1.84. The smallest absolute Gasteiger partial charge is 0.225 e. The van der Waals surface area contributed by atoms with E-state index in [-0.39, 0.29) is 17.7 Å². The lowest BCUT2D eigenvalue weighted by Gasteiger charge is -2.33. The summed E-state index contributed by atoms with van der Waals surface area (Å²) in [6.45, 7) is 7.01. The van der Waals surface area contributed by atoms with Gasteiger partial charge in [0.05, 0.1) is 18.2 Å². The molecule has 5 nitrogen and oxygen atoms in total. The van der Waals surface area contributed by atoms with Crippen molar-refractivity contribution in [2.75, 3.05) is 13.1 Å². The molecule has 1 aromatic carbocycles. The average molecular weight is 376 g/mol. The van der Waals surface area contributed by atoms with Gasteiger partial charge < -0.3 is 10.6 Å². The summed E-state index contributed by atoms with van der Waals surface area (Å²) in [5, 5.41) is 10.5. The Kier molecular flexibility index (Phi) is 5.33. The number of aromatic nitrogens is 2. The molecule has 0 spiro atoms. The molecule has 1 amide bonds. The van der Waals surface area contributed by atoms with Crippen LogP contribution in [0.4, 0.5) is 8.78 Å². The second-order valence-corrected chi connectivity index (χ2v) is 8.29. The molecule has 0 bridgehead atoms. The van der Waals surface area contributed by atoms with E-state index in [2.05, 4.69) is 15.7 Å². The number of hydrogen-bond acceptors (Lipinski definition) is 3. The number of carbonyl (C=O) groups excluding carboxylic acids is 1. The third-order valence-electron chi connectivity index (χ3n) is 5.13. The summed E-state index contributed by atoms with van der Waals surface area (Å²) < 4.78 is 29.4. The van der Waals surface area contributed by atoms with Crippen molar-refractivity contribution in [2.45, 2.75) is 32.7 Å². The van der Waals surface area contributed by atoms with E-state index in [0.29, 0.717) is 18.7 Å². The van der Waals surface area contributed by atoms with Gasteiger partial charge in [0.2, 0.25) is 5.91 Å². The number of halogens is 2. The van der Waals surface area contributed by atoms with Gasteiger partial charge in [0, 0.05) is 43.9 Å². The highest BCUT2D eigenvalue weighted by molar-refractivity contribution is 5.81. The van der Waals surface area contributed by atoms with Crippen LogP contribution in [-0.4, -0.2) is 28.8 Å². The molecule has 1 aromatic heterocycles. The van der Waals surface area contributed by atoms with Crippen molar-refractivity contribution in [3.8, 4) is 0 Å². The lowest BCUT2D eigenvalue weighted by Crippen LogP contribution is -2.42. The molecule has 0 aliphatic carbocycles. The summed E-state index contributed by atoms with van der Waals surface area (Å²) >= 11 is 0. The maximum atomic E-state index is 14.4. The first kappa shape index (κ1) is 19.5. The Morgan fingerprint density at radius 2 is 2.07 bits per heavy atom. The van der Waals surface area contributed by atoms with Gasteiger partial charge in [0.15, 0.2) is 0 Å². The van der Waals surface area contributed by atoms with Gasteiger partial charge in [-0.3, -0.25) is 9.48 Å². The van der Waals surface area contributed by atoms with E-state index in [9.17, 15) is 13.6 Å². The van der Waals surface area contributed by atoms with Crippen molar-refractivity contribution in [2.24, 2.45) is 18.4 Å². The Morgan fingerprint density at radius 1 is 1.33 bits per heavy atom. The van der Waals surface area contributed by atoms with Crippen LogP contribution >= 0.6 is 0 Å². The molecule has 0 radical (unpaired) electrons. The second kappa shape index (κ2) is 7.38. The van der Waals surface area contributed by atoms with Crippen LogP contribution in [0.2, 0.25) is 0 Å². The van der Waals surface area contributed by atoms with Gasteiger partial charge in [-0.1, -0.05) is 26.8 Å². The highest BCUT2D eigenvalue weighted by atomic mass is 19.1. The summed E-state index contributed by atoms with van der Waals surface area (Å²) in [6, 6.07) is 2.92.